The molecule has 5 nitrogen and oxygen atoms in total. The Morgan fingerprint density at radius 2 is 2.04 bits per heavy atom. The third-order valence-corrected chi connectivity index (χ3v) is 4.76. The number of hydrogen-bond donors (Lipinski definition) is 3. The predicted octanol–water partition coefficient (Wildman–Crippen LogP) is 2.42. The van der Waals surface area contributed by atoms with Crippen molar-refractivity contribution >= 4 is 17.4 Å². The van der Waals surface area contributed by atoms with Gasteiger partial charge in [-0.25, -0.2) is 9.78 Å². The summed E-state index contributed by atoms with van der Waals surface area (Å²) < 4.78 is 0. The predicted molar refractivity (Wildman–Crippen MR) is 92.6 cm³/mol. The van der Waals surface area contributed by atoms with Crippen molar-refractivity contribution in [3.05, 3.63) is 51.5 Å². The molecule has 0 aliphatic heterocycles. The summed E-state index contributed by atoms with van der Waals surface area (Å²) in [4.78, 5) is 17.3. The van der Waals surface area contributed by atoms with Gasteiger partial charge in [-0.3, -0.25) is 0 Å². The van der Waals surface area contributed by atoms with Crippen LogP contribution in [0.5, 0.6) is 0 Å². The number of nitrogens with one attached hydrogen (secondary N) is 2. The van der Waals surface area contributed by atoms with Gasteiger partial charge in [0, 0.05) is 17.8 Å². The van der Waals surface area contributed by atoms with Gasteiger partial charge in [-0.1, -0.05) is 37.3 Å². The van der Waals surface area contributed by atoms with Crippen LogP contribution >= 0.6 is 11.3 Å². The van der Waals surface area contributed by atoms with Gasteiger partial charge in [-0.05, 0) is 18.9 Å². The van der Waals surface area contributed by atoms with Crippen LogP contribution in [-0.2, 0) is 19.4 Å². The van der Waals surface area contributed by atoms with Crippen LogP contribution in [0.2, 0.25) is 0 Å². The number of aromatic nitrogens is 1. The first-order valence-electron chi connectivity index (χ1n) is 7.77. The van der Waals surface area contributed by atoms with E-state index < -0.39 is 6.10 Å². The maximum atomic E-state index is 11.8. The Kier molecular flexibility index (Phi) is 6.55. The molecule has 0 aliphatic rings. The van der Waals surface area contributed by atoms with E-state index in [-0.39, 0.29) is 12.6 Å². The molecule has 124 valence electrons. The van der Waals surface area contributed by atoms with E-state index in [0.29, 0.717) is 13.0 Å². The minimum atomic E-state index is -0.597. The lowest BCUT2D eigenvalue weighted by Crippen LogP contribution is -2.39. The Balaban J connectivity index is 1.71. The van der Waals surface area contributed by atoms with Crippen LogP contribution in [0.15, 0.2) is 30.3 Å². The molecule has 1 aromatic heterocycles. The van der Waals surface area contributed by atoms with E-state index in [1.165, 1.54) is 0 Å². The molecule has 1 unspecified atom stereocenters. The van der Waals surface area contributed by atoms with E-state index in [1.54, 1.807) is 11.3 Å². The molecule has 0 aliphatic carbocycles. The summed E-state index contributed by atoms with van der Waals surface area (Å²) >= 11 is 1.62. The number of benzene rings is 1. The molecule has 0 spiro atoms. The Hall–Kier alpha value is -1.92. The highest BCUT2D eigenvalue weighted by atomic mass is 32.1. The second kappa shape index (κ2) is 8.64. The maximum Gasteiger partial charge on any atom is 0.315 e. The highest BCUT2D eigenvalue weighted by molar-refractivity contribution is 7.11. The smallest absolute Gasteiger partial charge is 0.315 e. The largest absolute Gasteiger partial charge is 0.391 e. The maximum absolute atomic E-state index is 11.8. The monoisotopic (exact) mass is 333 g/mol. The van der Waals surface area contributed by atoms with Gasteiger partial charge in [-0.15, -0.1) is 11.3 Å². The third-order valence-electron chi connectivity index (χ3n) is 3.46. The van der Waals surface area contributed by atoms with Crippen molar-refractivity contribution in [1.29, 1.82) is 0 Å². The second-order valence-electron chi connectivity index (χ2n) is 5.38. The summed E-state index contributed by atoms with van der Waals surface area (Å²) in [5.41, 5.74) is 2.02. The van der Waals surface area contributed by atoms with Gasteiger partial charge >= 0.3 is 6.03 Å². The molecular weight excluding hydrogens is 310 g/mol. The Labute approximate surface area is 140 Å². The highest BCUT2D eigenvalue weighted by Gasteiger charge is 2.10. The Bertz CT molecular complexity index is 628. The topological polar surface area (TPSA) is 74.2 Å². The number of thiazole rings is 1. The zero-order valence-electron chi connectivity index (χ0n) is 13.5. The number of rotatable bonds is 7. The summed E-state index contributed by atoms with van der Waals surface area (Å²) in [6, 6.07) is 9.45. The van der Waals surface area contributed by atoms with Crippen LogP contribution < -0.4 is 10.6 Å². The van der Waals surface area contributed by atoms with Crippen molar-refractivity contribution in [3.8, 4) is 0 Å². The van der Waals surface area contributed by atoms with Crippen molar-refractivity contribution in [2.75, 3.05) is 6.54 Å². The first-order chi connectivity index (χ1) is 11.1. The Morgan fingerprint density at radius 3 is 2.70 bits per heavy atom. The van der Waals surface area contributed by atoms with E-state index in [0.717, 1.165) is 27.6 Å². The number of aryl methyl sites for hydroxylation is 2. The molecule has 6 heteroatoms. The van der Waals surface area contributed by atoms with Gasteiger partial charge in [0.15, 0.2) is 0 Å². The van der Waals surface area contributed by atoms with Crippen LogP contribution in [0.3, 0.4) is 0 Å². The van der Waals surface area contributed by atoms with Gasteiger partial charge in [0.1, 0.15) is 0 Å². The summed E-state index contributed by atoms with van der Waals surface area (Å²) in [7, 11) is 0. The summed E-state index contributed by atoms with van der Waals surface area (Å²) in [6.07, 6.45) is 0.832. The molecule has 1 aromatic carbocycles. The van der Waals surface area contributed by atoms with E-state index in [9.17, 15) is 9.90 Å². The number of amides is 2. The van der Waals surface area contributed by atoms with Crippen molar-refractivity contribution in [2.45, 2.75) is 39.3 Å². The lowest BCUT2D eigenvalue weighted by Gasteiger charge is -2.12. The van der Waals surface area contributed by atoms with Gasteiger partial charge < -0.3 is 15.7 Å². The van der Waals surface area contributed by atoms with Crippen molar-refractivity contribution in [2.24, 2.45) is 0 Å². The summed E-state index contributed by atoms with van der Waals surface area (Å²) in [5.74, 6) is 0. The average Bonchev–Trinajstić information content (AvgIpc) is 2.92. The fourth-order valence-electron chi connectivity index (χ4n) is 2.20. The lowest BCUT2D eigenvalue weighted by molar-refractivity contribution is 0.170. The number of aliphatic hydroxyl groups excluding tert-OH is 1. The van der Waals surface area contributed by atoms with Crippen LogP contribution in [0.1, 0.15) is 28.1 Å². The highest BCUT2D eigenvalue weighted by Crippen LogP contribution is 2.17. The molecule has 3 N–H and O–H groups in total. The average molecular weight is 333 g/mol. The van der Waals surface area contributed by atoms with Crippen molar-refractivity contribution < 1.29 is 9.90 Å². The molecule has 0 bridgehead atoms. The molecule has 2 rings (SSSR count). The molecule has 2 amide bonds. The van der Waals surface area contributed by atoms with Crippen LogP contribution in [0.4, 0.5) is 4.79 Å². The van der Waals surface area contributed by atoms with Gasteiger partial charge in [0.05, 0.1) is 23.4 Å². The van der Waals surface area contributed by atoms with Crippen LogP contribution in [-0.4, -0.2) is 28.8 Å². The minimum Gasteiger partial charge on any atom is -0.391 e. The molecule has 0 radical (unpaired) electrons. The lowest BCUT2D eigenvalue weighted by atomic mass is 10.1. The number of nitrogens with zero attached hydrogens (tertiary/aromatic N) is 1. The standard InChI is InChI=1S/C17H23N3O2S/c1-3-16-20-12(2)15(23-16)11-19-17(22)18-10-14(21)9-13-7-5-4-6-8-13/h4-8,14,21H,3,9-11H2,1-2H3,(H2,18,19,22). The van der Waals surface area contributed by atoms with E-state index in [4.69, 9.17) is 0 Å². The normalized spacial score (nSPS) is 12.0. The molecule has 0 saturated carbocycles. The van der Waals surface area contributed by atoms with E-state index in [2.05, 4.69) is 22.5 Å². The van der Waals surface area contributed by atoms with Crippen molar-refractivity contribution in [1.82, 2.24) is 15.6 Å². The number of aliphatic hydroxyl groups is 1. The van der Waals surface area contributed by atoms with Crippen LogP contribution in [0, 0.1) is 6.92 Å². The summed E-state index contributed by atoms with van der Waals surface area (Å²) in [5, 5.41) is 16.6. The number of carbonyl (C=O) groups is 1. The molecule has 23 heavy (non-hydrogen) atoms. The molecule has 1 atom stereocenters. The summed E-state index contributed by atoms with van der Waals surface area (Å²) in [6.45, 7) is 4.71. The third kappa shape index (κ3) is 5.65. The fraction of sp³-hybridized carbons (Fsp3) is 0.412. The molecule has 0 fully saturated rings. The fourth-order valence-corrected chi connectivity index (χ4v) is 3.14. The SMILES string of the molecule is CCc1nc(C)c(CNC(=O)NCC(O)Cc2ccccc2)s1. The van der Waals surface area contributed by atoms with Gasteiger partial charge in [-0.2, -0.15) is 0 Å². The number of hydrogen-bond acceptors (Lipinski definition) is 4. The van der Waals surface area contributed by atoms with Crippen molar-refractivity contribution in [3.63, 3.8) is 0 Å². The first-order valence-corrected chi connectivity index (χ1v) is 8.59. The second-order valence-corrected chi connectivity index (χ2v) is 6.55. The van der Waals surface area contributed by atoms with Gasteiger partial charge in [0.25, 0.3) is 0 Å². The quantitative estimate of drug-likeness (QED) is 0.728. The molecule has 0 saturated heterocycles. The zero-order valence-corrected chi connectivity index (χ0v) is 14.3. The van der Waals surface area contributed by atoms with E-state index in [1.807, 2.05) is 37.3 Å². The molecule has 2 aromatic rings. The molecule has 1 heterocycles. The Morgan fingerprint density at radius 1 is 1.30 bits per heavy atom. The number of carbonyl (C=O) groups excluding carboxylic acids is 1. The molecular formula is C17H23N3O2S. The zero-order chi connectivity index (χ0) is 16.7. The van der Waals surface area contributed by atoms with Gasteiger partial charge in [0.2, 0.25) is 0 Å². The van der Waals surface area contributed by atoms with Crippen LogP contribution in [0.25, 0.3) is 0 Å². The first kappa shape index (κ1) is 17.4. The van der Waals surface area contributed by atoms with E-state index >= 15 is 0 Å². The minimum absolute atomic E-state index is 0.225. The number of urea groups is 1.